The van der Waals surface area contributed by atoms with Gasteiger partial charge in [-0.25, -0.2) is 4.39 Å². The molecule has 1 unspecified atom stereocenters. The zero-order valence-corrected chi connectivity index (χ0v) is 12.2. The lowest BCUT2D eigenvalue weighted by molar-refractivity contribution is -0.111. The van der Waals surface area contributed by atoms with Gasteiger partial charge < -0.3 is 4.74 Å². The van der Waals surface area contributed by atoms with Gasteiger partial charge >= 0.3 is 0 Å². The Hall–Kier alpha value is -2.94. The van der Waals surface area contributed by atoms with Crippen LogP contribution in [0, 0.1) is 5.82 Å². The third-order valence-electron chi connectivity index (χ3n) is 4.02. The monoisotopic (exact) mass is 304 g/mol. The first kappa shape index (κ1) is 13.7. The summed E-state index contributed by atoms with van der Waals surface area (Å²) in [7, 11) is 0. The molecule has 112 valence electrons. The van der Waals surface area contributed by atoms with E-state index in [0.29, 0.717) is 11.3 Å². The van der Waals surface area contributed by atoms with Gasteiger partial charge in [0.05, 0.1) is 5.57 Å². The molecule has 2 aromatic rings. The number of rotatable bonds is 2. The summed E-state index contributed by atoms with van der Waals surface area (Å²) in [6.07, 6.45) is 4.61. The number of halogens is 1. The Morgan fingerprint density at radius 1 is 0.957 bits per heavy atom. The molecular formula is C20H13FO2. The zero-order valence-electron chi connectivity index (χ0n) is 12.2. The smallest absolute Gasteiger partial charge is 0.190 e. The fourth-order valence-corrected chi connectivity index (χ4v) is 2.98. The maximum absolute atomic E-state index is 13.2. The average Bonchev–Trinajstić information content (AvgIpc) is 2.97. The third kappa shape index (κ3) is 2.30. The van der Waals surface area contributed by atoms with Crippen molar-refractivity contribution in [2.45, 2.75) is 6.10 Å². The van der Waals surface area contributed by atoms with Crippen LogP contribution >= 0.6 is 0 Å². The van der Waals surface area contributed by atoms with Crippen LogP contribution in [0.3, 0.4) is 0 Å². The van der Waals surface area contributed by atoms with Gasteiger partial charge in [-0.15, -0.1) is 0 Å². The molecule has 1 heterocycles. The number of benzene rings is 2. The molecule has 0 amide bonds. The highest BCUT2D eigenvalue weighted by molar-refractivity contribution is 6.15. The average molecular weight is 304 g/mol. The number of carbonyl (C=O) groups excluding carboxylic acids is 1. The Morgan fingerprint density at radius 3 is 2.43 bits per heavy atom. The lowest BCUT2D eigenvalue weighted by Gasteiger charge is -2.16. The second-order valence-corrected chi connectivity index (χ2v) is 5.46. The van der Waals surface area contributed by atoms with Gasteiger partial charge in [0.1, 0.15) is 11.6 Å². The largest absolute Gasteiger partial charge is 0.480 e. The molecule has 0 spiro atoms. The molecule has 2 aliphatic rings. The van der Waals surface area contributed by atoms with Crippen LogP contribution < -0.4 is 0 Å². The number of carbonyl (C=O) groups is 1. The van der Waals surface area contributed by atoms with E-state index >= 15 is 0 Å². The van der Waals surface area contributed by atoms with E-state index in [1.807, 2.05) is 30.3 Å². The van der Waals surface area contributed by atoms with Crippen molar-refractivity contribution in [2.24, 2.45) is 0 Å². The highest BCUT2D eigenvalue weighted by atomic mass is 19.1. The minimum atomic E-state index is -0.414. The zero-order chi connectivity index (χ0) is 15.8. The van der Waals surface area contributed by atoms with Crippen molar-refractivity contribution >= 4 is 11.4 Å². The summed E-state index contributed by atoms with van der Waals surface area (Å²) >= 11 is 0. The van der Waals surface area contributed by atoms with Gasteiger partial charge in [0.2, 0.25) is 0 Å². The summed E-state index contributed by atoms with van der Waals surface area (Å²) in [6.45, 7) is 0. The second-order valence-electron chi connectivity index (χ2n) is 5.46. The first-order valence-corrected chi connectivity index (χ1v) is 7.39. The van der Waals surface area contributed by atoms with Gasteiger partial charge in [-0.2, -0.15) is 0 Å². The normalized spacial score (nSPS) is 19.4. The van der Waals surface area contributed by atoms with E-state index in [4.69, 9.17) is 4.74 Å². The highest BCUT2D eigenvalue weighted by Crippen LogP contribution is 2.46. The van der Waals surface area contributed by atoms with E-state index in [1.165, 1.54) is 18.2 Å². The Kier molecular flexibility index (Phi) is 3.19. The molecule has 23 heavy (non-hydrogen) atoms. The van der Waals surface area contributed by atoms with Crippen molar-refractivity contribution < 1.29 is 13.9 Å². The van der Waals surface area contributed by atoms with Crippen LogP contribution in [0.2, 0.25) is 0 Å². The number of hydrogen-bond acceptors (Lipinski definition) is 2. The Bertz CT molecular complexity index is 858. The summed E-state index contributed by atoms with van der Waals surface area (Å²) in [6, 6.07) is 15.9. The molecule has 0 N–H and O–H groups in total. The minimum absolute atomic E-state index is 0.0639. The first-order chi connectivity index (χ1) is 11.2. The van der Waals surface area contributed by atoms with Crippen LogP contribution in [0.4, 0.5) is 4.39 Å². The molecule has 0 bridgehead atoms. The molecule has 0 radical (unpaired) electrons. The predicted octanol–water partition coefficient (Wildman–Crippen LogP) is 4.37. The molecule has 0 saturated heterocycles. The summed E-state index contributed by atoms with van der Waals surface area (Å²) in [5.41, 5.74) is 3.18. The Morgan fingerprint density at radius 2 is 1.70 bits per heavy atom. The van der Waals surface area contributed by atoms with Gasteiger partial charge in [-0.05, 0) is 35.4 Å². The van der Waals surface area contributed by atoms with Gasteiger partial charge in [0.15, 0.2) is 11.9 Å². The van der Waals surface area contributed by atoms with Crippen molar-refractivity contribution in [3.05, 3.63) is 101 Å². The van der Waals surface area contributed by atoms with Crippen molar-refractivity contribution in [3.8, 4) is 0 Å². The second kappa shape index (κ2) is 5.36. The van der Waals surface area contributed by atoms with Crippen LogP contribution in [0.5, 0.6) is 0 Å². The third-order valence-corrected chi connectivity index (χ3v) is 4.02. The number of fused-ring (bicyclic) bond motifs is 1. The topological polar surface area (TPSA) is 26.3 Å². The number of ketones is 1. The molecular weight excluding hydrogens is 291 g/mol. The van der Waals surface area contributed by atoms with E-state index in [-0.39, 0.29) is 11.6 Å². The summed E-state index contributed by atoms with van der Waals surface area (Å²) in [5, 5.41) is 0. The molecule has 4 rings (SSSR count). The number of ether oxygens (including phenoxy) is 1. The van der Waals surface area contributed by atoms with E-state index in [0.717, 1.165) is 16.7 Å². The fraction of sp³-hybridized carbons (Fsp3) is 0.0500. The maximum atomic E-state index is 13.2. The lowest BCUT2D eigenvalue weighted by atomic mass is 9.90. The van der Waals surface area contributed by atoms with E-state index < -0.39 is 6.10 Å². The maximum Gasteiger partial charge on any atom is 0.190 e. The van der Waals surface area contributed by atoms with Gasteiger partial charge in [0.25, 0.3) is 0 Å². The highest BCUT2D eigenvalue weighted by Gasteiger charge is 2.36. The molecule has 3 heteroatoms. The SMILES string of the molecule is O=C1C=CC=C2OC(c3ccc(F)cc3)C(c3ccccc3)=C12. The Labute approximate surface area is 133 Å². The molecule has 1 atom stereocenters. The van der Waals surface area contributed by atoms with Crippen LogP contribution in [-0.4, -0.2) is 5.78 Å². The molecule has 1 aliphatic carbocycles. The van der Waals surface area contributed by atoms with Crippen molar-refractivity contribution in [3.63, 3.8) is 0 Å². The molecule has 2 aromatic carbocycles. The lowest BCUT2D eigenvalue weighted by Crippen LogP contribution is -2.04. The minimum Gasteiger partial charge on any atom is -0.480 e. The van der Waals surface area contributed by atoms with E-state index in [2.05, 4.69) is 0 Å². The van der Waals surface area contributed by atoms with Gasteiger partial charge in [0, 0.05) is 5.57 Å². The molecule has 2 nitrogen and oxygen atoms in total. The van der Waals surface area contributed by atoms with E-state index in [9.17, 15) is 9.18 Å². The van der Waals surface area contributed by atoms with Gasteiger partial charge in [-0.1, -0.05) is 48.5 Å². The summed E-state index contributed by atoms with van der Waals surface area (Å²) < 4.78 is 19.2. The van der Waals surface area contributed by atoms with Crippen LogP contribution in [0.25, 0.3) is 5.57 Å². The van der Waals surface area contributed by atoms with Crippen LogP contribution in [0.1, 0.15) is 17.2 Å². The van der Waals surface area contributed by atoms with Gasteiger partial charge in [-0.3, -0.25) is 4.79 Å². The molecule has 0 aromatic heterocycles. The van der Waals surface area contributed by atoms with Crippen molar-refractivity contribution in [2.75, 3.05) is 0 Å². The van der Waals surface area contributed by atoms with Crippen molar-refractivity contribution in [1.82, 2.24) is 0 Å². The molecule has 1 aliphatic heterocycles. The van der Waals surface area contributed by atoms with Crippen molar-refractivity contribution in [1.29, 1.82) is 0 Å². The quantitative estimate of drug-likeness (QED) is 0.823. The predicted molar refractivity (Wildman–Crippen MR) is 85.8 cm³/mol. The van der Waals surface area contributed by atoms with Crippen LogP contribution in [-0.2, 0) is 9.53 Å². The fourth-order valence-electron chi connectivity index (χ4n) is 2.98. The first-order valence-electron chi connectivity index (χ1n) is 7.39. The van der Waals surface area contributed by atoms with Crippen LogP contribution in [0.15, 0.2) is 84.2 Å². The molecule has 0 saturated carbocycles. The Balaban J connectivity index is 1.90. The number of allylic oxidation sites excluding steroid dienone is 4. The number of hydrogen-bond donors (Lipinski definition) is 0. The van der Waals surface area contributed by atoms with E-state index in [1.54, 1.807) is 24.3 Å². The summed E-state index contributed by atoms with van der Waals surface area (Å²) in [4.78, 5) is 12.4. The summed E-state index contributed by atoms with van der Waals surface area (Å²) in [5.74, 6) is 0.215. The molecule has 0 fully saturated rings. The standard InChI is InChI=1S/C20H13FO2/c21-15-11-9-14(10-12-15)20-18(13-5-2-1-3-6-13)19-16(22)7-4-8-17(19)23-20/h1-12,20H.